The molecule has 0 unspecified atom stereocenters. The van der Waals surface area contributed by atoms with Crippen LogP contribution in [0, 0.1) is 19.7 Å². The second-order valence-electron chi connectivity index (χ2n) is 5.31. The Kier molecular flexibility index (Phi) is 4.01. The van der Waals surface area contributed by atoms with Crippen molar-refractivity contribution in [2.24, 2.45) is 0 Å². The van der Waals surface area contributed by atoms with Gasteiger partial charge in [-0.2, -0.15) is 10.1 Å². The van der Waals surface area contributed by atoms with E-state index in [4.69, 9.17) is 0 Å². The number of carbonyl (C=O) groups excluding carboxylic acids is 1. The van der Waals surface area contributed by atoms with Crippen LogP contribution in [0.5, 0.6) is 0 Å². The number of aromatic nitrogens is 4. The molecule has 118 valence electrons. The Balaban J connectivity index is 1.71. The largest absolute Gasteiger partial charge is 0.352 e. The summed E-state index contributed by atoms with van der Waals surface area (Å²) in [5.74, 6) is 0.107. The highest BCUT2D eigenvalue weighted by Crippen LogP contribution is 2.13. The molecule has 23 heavy (non-hydrogen) atoms. The molecule has 7 heteroatoms. The maximum absolute atomic E-state index is 12.9. The van der Waals surface area contributed by atoms with E-state index in [1.54, 1.807) is 16.6 Å². The van der Waals surface area contributed by atoms with E-state index in [1.165, 1.54) is 18.5 Å². The number of benzene rings is 1. The van der Waals surface area contributed by atoms with E-state index >= 15 is 0 Å². The number of carbonyl (C=O) groups is 1. The summed E-state index contributed by atoms with van der Waals surface area (Å²) < 4.78 is 14.5. The highest BCUT2D eigenvalue weighted by Gasteiger charge is 2.14. The standard InChI is InChI=1S/C16H16FN5O/c1-10-14(11(2)22-16(21-10)19-9-20-22)7-15(23)18-8-12-3-5-13(17)6-4-12/h3-6,9H,7-8H2,1-2H3,(H,18,23). The Morgan fingerprint density at radius 1 is 1.26 bits per heavy atom. The summed E-state index contributed by atoms with van der Waals surface area (Å²) in [4.78, 5) is 20.6. The topological polar surface area (TPSA) is 72.2 Å². The number of fused-ring (bicyclic) bond motifs is 1. The minimum absolute atomic E-state index is 0.123. The van der Waals surface area contributed by atoms with Crippen molar-refractivity contribution in [3.8, 4) is 0 Å². The van der Waals surface area contributed by atoms with Gasteiger partial charge in [-0.05, 0) is 31.5 Å². The Morgan fingerprint density at radius 2 is 2.00 bits per heavy atom. The van der Waals surface area contributed by atoms with Crippen molar-refractivity contribution in [2.75, 3.05) is 0 Å². The molecule has 1 N–H and O–H groups in total. The molecule has 0 aliphatic rings. The van der Waals surface area contributed by atoms with Gasteiger partial charge in [-0.25, -0.2) is 13.9 Å². The first-order valence-electron chi connectivity index (χ1n) is 7.21. The van der Waals surface area contributed by atoms with Crippen molar-refractivity contribution in [2.45, 2.75) is 26.8 Å². The Labute approximate surface area is 132 Å². The number of amides is 1. The van der Waals surface area contributed by atoms with Crippen LogP contribution in [0.2, 0.25) is 0 Å². The zero-order chi connectivity index (χ0) is 16.4. The lowest BCUT2D eigenvalue weighted by atomic mass is 10.1. The van der Waals surface area contributed by atoms with Gasteiger partial charge < -0.3 is 5.32 Å². The average Bonchev–Trinajstić information content (AvgIpc) is 2.99. The van der Waals surface area contributed by atoms with E-state index in [9.17, 15) is 9.18 Å². The summed E-state index contributed by atoms with van der Waals surface area (Å²) in [6.07, 6.45) is 1.65. The lowest BCUT2D eigenvalue weighted by Crippen LogP contribution is -2.25. The van der Waals surface area contributed by atoms with Crippen molar-refractivity contribution in [3.63, 3.8) is 0 Å². The number of nitrogens with zero attached hydrogens (tertiary/aromatic N) is 4. The third kappa shape index (κ3) is 3.18. The summed E-state index contributed by atoms with van der Waals surface area (Å²) in [7, 11) is 0. The first kappa shape index (κ1) is 15.1. The van der Waals surface area contributed by atoms with E-state index in [-0.39, 0.29) is 18.1 Å². The summed E-state index contributed by atoms with van der Waals surface area (Å²) in [5.41, 5.74) is 3.29. The van der Waals surface area contributed by atoms with Crippen LogP contribution in [-0.4, -0.2) is 25.5 Å². The summed E-state index contributed by atoms with van der Waals surface area (Å²) in [6.45, 7) is 4.10. The van der Waals surface area contributed by atoms with Crippen LogP contribution < -0.4 is 5.32 Å². The van der Waals surface area contributed by atoms with Gasteiger partial charge in [-0.15, -0.1) is 0 Å². The van der Waals surface area contributed by atoms with E-state index in [0.29, 0.717) is 12.3 Å². The molecule has 0 radical (unpaired) electrons. The molecule has 0 aliphatic heterocycles. The minimum atomic E-state index is -0.293. The molecule has 3 aromatic rings. The normalized spacial score (nSPS) is 10.9. The zero-order valence-corrected chi connectivity index (χ0v) is 12.9. The molecule has 0 atom stereocenters. The SMILES string of the molecule is Cc1nc2ncnn2c(C)c1CC(=O)NCc1ccc(F)cc1. The molecule has 6 nitrogen and oxygen atoms in total. The second kappa shape index (κ2) is 6.12. The predicted molar refractivity (Wildman–Crippen MR) is 82.2 cm³/mol. The molecular formula is C16H16FN5O. The number of nitrogens with one attached hydrogen (secondary N) is 1. The Bertz CT molecular complexity index is 857. The molecule has 0 saturated heterocycles. The van der Waals surface area contributed by atoms with Gasteiger partial charge in [0.1, 0.15) is 12.1 Å². The second-order valence-corrected chi connectivity index (χ2v) is 5.31. The van der Waals surface area contributed by atoms with E-state index in [2.05, 4.69) is 20.4 Å². The highest BCUT2D eigenvalue weighted by molar-refractivity contribution is 5.79. The van der Waals surface area contributed by atoms with E-state index in [0.717, 1.165) is 22.5 Å². The molecule has 1 amide bonds. The van der Waals surface area contributed by atoms with Crippen molar-refractivity contribution >= 4 is 11.7 Å². The molecule has 1 aromatic carbocycles. The van der Waals surface area contributed by atoms with Crippen molar-refractivity contribution < 1.29 is 9.18 Å². The monoisotopic (exact) mass is 313 g/mol. The average molecular weight is 313 g/mol. The van der Waals surface area contributed by atoms with Crippen LogP contribution in [0.25, 0.3) is 5.78 Å². The molecule has 0 fully saturated rings. The molecule has 0 saturated carbocycles. The van der Waals surface area contributed by atoms with Crippen LogP contribution in [-0.2, 0) is 17.8 Å². The van der Waals surface area contributed by atoms with Crippen molar-refractivity contribution in [1.29, 1.82) is 0 Å². The molecule has 2 aromatic heterocycles. The van der Waals surface area contributed by atoms with Crippen LogP contribution in [0.4, 0.5) is 4.39 Å². The molecule has 0 spiro atoms. The predicted octanol–water partition coefficient (Wildman–Crippen LogP) is 1.74. The summed E-state index contributed by atoms with van der Waals surface area (Å²) >= 11 is 0. The number of hydrogen-bond acceptors (Lipinski definition) is 4. The van der Waals surface area contributed by atoms with Crippen LogP contribution in [0.15, 0.2) is 30.6 Å². The van der Waals surface area contributed by atoms with Crippen molar-refractivity contribution in [1.82, 2.24) is 24.9 Å². The highest BCUT2D eigenvalue weighted by atomic mass is 19.1. The lowest BCUT2D eigenvalue weighted by Gasteiger charge is -2.11. The Hall–Kier alpha value is -2.83. The number of halogens is 1. The number of rotatable bonds is 4. The van der Waals surface area contributed by atoms with Gasteiger partial charge in [0.25, 0.3) is 5.78 Å². The van der Waals surface area contributed by atoms with Gasteiger partial charge in [0.05, 0.1) is 6.42 Å². The summed E-state index contributed by atoms with van der Waals surface area (Å²) in [6, 6.07) is 6.04. The van der Waals surface area contributed by atoms with E-state index < -0.39 is 0 Å². The number of aryl methyl sites for hydroxylation is 2. The van der Waals surface area contributed by atoms with Crippen LogP contribution in [0.1, 0.15) is 22.5 Å². The lowest BCUT2D eigenvalue weighted by molar-refractivity contribution is -0.120. The quantitative estimate of drug-likeness (QED) is 0.796. The van der Waals surface area contributed by atoms with Crippen LogP contribution in [0.3, 0.4) is 0 Å². The van der Waals surface area contributed by atoms with Gasteiger partial charge in [0.2, 0.25) is 5.91 Å². The maximum Gasteiger partial charge on any atom is 0.252 e. The third-order valence-electron chi connectivity index (χ3n) is 3.73. The Morgan fingerprint density at radius 3 is 2.74 bits per heavy atom. The number of hydrogen-bond donors (Lipinski definition) is 1. The molecule has 3 rings (SSSR count). The molecule has 0 bridgehead atoms. The van der Waals surface area contributed by atoms with Crippen molar-refractivity contribution in [3.05, 3.63) is 58.9 Å². The van der Waals surface area contributed by atoms with Gasteiger partial charge in [0, 0.05) is 23.5 Å². The van der Waals surface area contributed by atoms with Gasteiger partial charge in [-0.1, -0.05) is 12.1 Å². The molecule has 2 heterocycles. The first-order chi connectivity index (χ1) is 11.0. The zero-order valence-electron chi connectivity index (χ0n) is 12.9. The fourth-order valence-corrected chi connectivity index (χ4v) is 2.44. The van der Waals surface area contributed by atoms with E-state index in [1.807, 2.05) is 13.8 Å². The minimum Gasteiger partial charge on any atom is -0.352 e. The molecular weight excluding hydrogens is 297 g/mol. The van der Waals surface area contributed by atoms with Crippen LogP contribution >= 0.6 is 0 Å². The fourth-order valence-electron chi connectivity index (χ4n) is 2.44. The van der Waals surface area contributed by atoms with Gasteiger partial charge in [-0.3, -0.25) is 4.79 Å². The molecule has 0 aliphatic carbocycles. The first-order valence-corrected chi connectivity index (χ1v) is 7.21. The maximum atomic E-state index is 12.9. The van der Waals surface area contributed by atoms with Gasteiger partial charge >= 0.3 is 0 Å². The smallest absolute Gasteiger partial charge is 0.252 e. The fraction of sp³-hybridized carbons (Fsp3) is 0.250. The van der Waals surface area contributed by atoms with Gasteiger partial charge in [0.15, 0.2) is 0 Å². The third-order valence-corrected chi connectivity index (χ3v) is 3.73. The summed E-state index contributed by atoms with van der Waals surface area (Å²) in [5, 5.41) is 6.93.